The fraction of sp³-hybridized carbons (Fsp3) is 0.316. The van der Waals surface area contributed by atoms with Crippen molar-refractivity contribution in [3.05, 3.63) is 51.1 Å². The van der Waals surface area contributed by atoms with Gasteiger partial charge in [0.2, 0.25) is 0 Å². The quantitative estimate of drug-likeness (QED) is 0.597. The van der Waals surface area contributed by atoms with E-state index in [9.17, 15) is 4.79 Å². The summed E-state index contributed by atoms with van der Waals surface area (Å²) in [6, 6.07) is 11.3. The molecule has 25 heavy (non-hydrogen) atoms. The minimum atomic E-state index is -0.0850. The van der Waals surface area contributed by atoms with Crippen LogP contribution in [-0.4, -0.2) is 45.2 Å². The van der Waals surface area contributed by atoms with Crippen LogP contribution in [0.25, 0.3) is 0 Å². The second-order valence-electron chi connectivity index (χ2n) is 5.58. The number of amides is 1. The monoisotopic (exact) mass is 455 g/mol. The molecule has 0 heterocycles. The third-order valence-electron chi connectivity index (χ3n) is 3.74. The zero-order chi connectivity index (χ0) is 18.4. The van der Waals surface area contributed by atoms with Crippen molar-refractivity contribution in [2.24, 2.45) is 0 Å². The molecule has 2 aromatic rings. The second-order valence-corrected chi connectivity index (χ2v) is 6.74. The fourth-order valence-corrected chi connectivity index (χ4v) is 3.00. The lowest BCUT2D eigenvalue weighted by molar-refractivity contribution is 0.0772. The van der Waals surface area contributed by atoms with Crippen molar-refractivity contribution in [1.29, 1.82) is 0 Å². The van der Waals surface area contributed by atoms with E-state index in [0.717, 1.165) is 14.9 Å². The van der Waals surface area contributed by atoms with Gasteiger partial charge in [0.05, 0.1) is 26.3 Å². The highest BCUT2D eigenvalue weighted by molar-refractivity contribution is 14.1. The van der Waals surface area contributed by atoms with Crippen molar-refractivity contribution in [2.75, 3.05) is 34.4 Å². The van der Waals surface area contributed by atoms with Crippen molar-refractivity contribution in [1.82, 2.24) is 4.90 Å². The molecule has 0 aliphatic heterocycles. The Labute approximate surface area is 162 Å². The van der Waals surface area contributed by atoms with E-state index in [1.807, 2.05) is 31.2 Å². The maximum atomic E-state index is 12.7. The first-order valence-electron chi connectivity index (χ1n) is 7.82. The van der Waals surface area contributed by atoms with Gasteiger partial charge in [0.25, 0.3) is 5.91 Å². The summed E-state index contributed by atoms with van der Waals surface area (Å²) >= 11 is 2.13. The van der Waals surface area contributed by atoms with Crippen molar-refractivity contribution >= 4 is 28.5 Å². The van der Waals surface area contributed by atoms with E-state index >= 15 is 0 Å². The van der Waals surface area contributed by atoms with Gasteiger partial charge in [-0.25, -0.2) is 0 Å². The first-order valence-corrected chi connectivity index (χ1v) is 8.90. The zero-order valence-electron chi connectivity index (χ0n) is 14.8. The third-order valence-corrected chi connectivity index (χ3v) is 4.63. The Morgan fingerprint density at radius 2 is 1.80 bits per heavy atom. The number of nitrogens with zero attached hydrogens (tertiary/aromatic N) is 1. The topological polar surface area (TPSA) is 48.0 Å². The van der Waals surface area contributed by atoms with E-state index in [0.29, 0.717) is 30.2 Å². The van der Waals surface area contributed by atoms with Crippen LogP contribution in [0.15, 0.2) is 36.4 Å². The van der Waals surface area contributed by atoms with Crippen LogP contribution in [0.3, 0.4) is 0 Å². The average molecular weight is 455 g/mol. The Morgan fingerprint density at radius 3 is 2.44 bits per heavy atom. The second kappa shape index (κ2) is 8.94. The van der Waals surface area contributed by atoms with Crippen molar-refractivity contribution < 1.29 is 19.0 Å². The number of rotatable bonds is 7. The molecule has 0 spiro atoms. The van der Waals surface area contributed by atoms with Crippen LogP contribution < -0.4 is 14.2 Å². The van der Waals surface area contributed by atoms with E-state index < -0.39 is 0 Å². The van der Waals surface area contributed by atoms with Gasteiger partial charge in [-0.15, -0.1) is 0 Å². The van der Waals surface area contributed by atoms with Crippen molar-refractivity contribution in [3.8, 4) is 17.2 Å². The molecule has 0 N–H and O–H groups in total. The van der Waals surface area contributed by atoms with Crippen LogP contribution in [0.1, 0.15) is 15.9 Å². The zero-order valence-corrected chi connectivity index (χ0v) is 17.0. The highest BCUT2D eigenvalue weighted by Crippen LogP contribution is 2.31. The molecule has 2 rings (SSSR count). The Hall–Kier alpha value is -1.96. The molecule has 5 nitrogen and oxygen atoms in total. The Balaban J connectivity index is 2.02. The maximum absolute atomic E-state index is 12.7. The smallest absolute Gasteiger partial charge is 0.254 e. The summed E-state index contributed by atoms with van der Waals surface area (Å²) in [6.45, 7) is 2.92. The molecule has 134 valence electrons. The summed E-state index contributed by atoms with van der Waals surface area (Å²) in [6.07, 6.45) is 0. The Bertz CT molecular complexity index is 748. The van der Waals surface area contributed by atoms with Gasteiger partial charge in [-0.1, -0.05) is 12.1 Å². The molecule has 0 saturated carbocycles. The van der Waals surface area contributed by atoms with Crippen LogP contribution in [0.5, 0.6) is 17.2 Å². The number of benzene rings is 2. The van der Waals surface area contributed by atoms with Gasteiger partial charge in [-0.2, -0.15) is 0 Å². The van der Waals surface area contributed by atoms with Gasteiger partial charge in [-0.05, 0) is 59.3 Å². The molecular weight excluding hydrogens is 433 g/mol. The first kappa shape index (κ1) is 19.4. The lowest BCUT2D eigenvalue weighted by Crippen LogP contribution is -2.31. The van der Waals surface area contributed by atoms with Gasteiger partial charge >= 0.3 is 0 Å². The Morgan fingerprint density at radius 1 is 1.12 bits per heavy atom. The summed E-state index contributed by atoms with van der Waals surface area (Å²) in [5.74, 6) is 1.87. The van der Waals surface area contributed by atoms with Gasteiger partial charge in [0, 0.05) is 10.6 Å². The molecule has 2 aromatic carbocycles. The molecule has 6 heteroatoms. The van der Waals surface area contributed by atoms with Gasteiger partial charge in [0.15, 0.2) is 11.5 Å². The largest absolute Gasteiger partial charge is 0.493 e. The van der Waals surface area contributed by atoms with Crippen LogP contribution in [-0.2, 0) is 0 Å². The summed E-state index contributed by atoms with van der Waals surface area (Å²) in [4.78, 5) is 14.3. The van der Waals surface area contributed by atoms with Crippen LogP contribution in [0.4, 0.5) is 0 Å². The highest BCUT2D eigenvalue weighted by atomic mass is 127. The van der Waals surface area contributed by atoms with Gasteiger partial charge in [-0.3, -0.25) is 4.79 Å². The molecule has 0 aliphatic carbocycles. The molecule has 0 aliphatic rings. The SMILES string of the molecule is COc1cc(I)c(C(=O)N(C)CCOc2cccc(C)c2)cc1OC. The van der Waals surface area contributed by atoms with E-state index in [4.69, 9.17) is 14.2 Å². The fourth-order valence-electron chi connectivity index (χ4n) is 2.33. The van der Waals surface area contributed by atoms with E-state index in [-0.39, 0.29) is 5.91 Å². The van der Waals surface area contributed by atoms with Crippen LogP contribution >= 0.6 is 22.6 Å². The number of hydrogen-bond donors (Lipinski definition) is 0. The Kier molecular flexibility index (Phi) is 6.92. The number of methoxy groups -OCH3 is 2. The summed E-state index contributed by atoms with van der Waals surface area (Å²) < 4.78 is 17.1. The molecule has 0 atom stereocenters. The highest BCUT2D eigenvalue weighted by Gasteiger charge is 2.18. The van der Waals surface area contributed by atoms with E-state index in [2.05, 4.69) is 22.6 Å². The van der Waals surface area contributed by atoms with Crippen LogP contribution in [0.2, 0.25) is 0 Å². The molecule has 1 amide bonds. The van der Waals surface area contributed by atoms with Gasteiger partial charge in [0.1, 0.15) is 12.4 Å². The maximum Gasteiger partial charge on any atom is 0.254 e. The first-order chi connectivity index (χ1) is 12.0. The molecule has 0 radical (unpaired) electrons. The number of likely N-dealkylation sites (N-methyl/N-ethyl adjacent to an activating group) is 1. The predicted octanol–water partition coefficient (Wildman–Crippen LogP) is 3.77. The minimum Gasteiger partial charge on any atom is -0.493 e. The molecule has 0 unspecified atom stereocenters. The molecular formula is C19H22INO4. The average Bonchev–Trinajstić information content (AvgIpc) is 2.60. The lowest BCUT2D eigenvalue weighted by atomic mass is 10.1. The van der Waals surface area contributed by atoms with E-state index in [1.54, 1.807) is 38.3 Å². The normalized spacial score (nSPS) is 10.3. The number of carbonyl (C=O) groups excluding carboxylic acids is 1. The van der Waals surface area contributed by atoms with Gasteiger partial charge < -0.3 is 19.1 Å². The molecule has 0 fully saturated rings. The third kappa shape index (κ3) is 5.01. The number of hydrogen-bond acceptors (Lipinski definition) is 4. The molecule has 0 bridgehead atoms. The number of halogens is 1. The standard InChI is InChI=1S/C19H22INO4/c1-13-6-5-7-14(10-13)25-9-8-21(2)19(22)15-11-17(23-3)18(24-4)12-16(15)20/h5-7,10-12H,8-9H2,1-4H3. The summed E-state index contributed by atoms with van der Waals surface area (Å²) in [5.41, 5.74) is 1.72. The summed E-state index contributed by atoms with van der Waals surface area (Å²) in [7, 11) is 4.89. The molecule has 0 saturated heterocycles. The minimum absolute atomic E-state index is 0.0850. The van der Waals surface area contributed by atoms with Crippen molar-refractivity contribution in [2.45, 2.75) is 6.92 Å². The molecule has 0 aromatic heterocycles. The number of carbonyl (C=O) groups is 1. The van der Waals surface area contributed by atoms with Crippen LogP contribution in [0, 0.1) is 10.5 Å². The number of aryl methyl sites for hydroxylation is 1. The summed E-state index contributed by atoms with van der Waals surface area (Å²) in [5, 5.41) is 0. The number of ether oxygens (including phenoxy) is 3. The van der Waals surface area contributed by atoms with Crippen molar-refractivity contribution in [3.63, 3.8) is 0 Å². The van der Waals surface area contributed by atoms with E-state index in [1.165, 1.54) is 0 Å². The lowest BCUT2D eigenvalue weighted by Gasteiger charge is -2.19. The predicted molar refractivity (Wildman–Crippen MR) is 106 cm³/mol.